The van der Waals surface area contributed by atoms with Gasteiger partial charge in [-0.25, -0.2) is 4.68 Å². The lowest BCUT2D eigenvalue weighted by molar-refractivity contribution is 0.0753. The standard InChI is InChI=1S/C19H20N4O/c1-22-18-13-16(8-9-17(18)20-21-22)19(24)23-11-4-7-14-5-2-3-6-15(14)10-12-23/h2-3,5-6,8-9,13H,4,7,10-12H2,1H3. The van der Waals surface area contributed by atoms with Gasteiger partial charge < -0.3 is 4.90 Å². The maximum atomic E-state index is 12.9. The van der Waals surface area contributed by atoms with E-state index in [-0.39, 0.29) is 5.91 Å². The molecule has 1 aliphatic rings. The largest absolute Gasteiger partial charge is 0.338 e. The Hall–Kier alpha value is -2.69. The lowest BCUT2D eigenvalue weighted by Gasteiger charge is -2.26. The summed E-state index contributed by atoms with van der Waals surface area (Å²) in [4.78, 5) is 14.9. The highest BCUT2D eigenvalue weighted by Gasteiger charge is 2.19. The Balaban J connectivity index is 1.58. The van der Waals surface area contributed by atoms with Crippen molar-refractivity contribution in [2.45, 2.75) is 19.3 Å². The fraction of sp³-hybridized carbons (Fsp3) is 0.316. The predicted octanol–water partition coefficient (Wildman–Crippen LogP) is 2.60. The van der Waals surface area contributed by atoms with E-state index < -0.39 is 0 Å². The summed E-state index contributed by atoms with van der Waals surface area (Å²) in [5, 5.41) is 8.07. The van der Waals surface area contributed by atoms with Crippen molar-refractivity contribution in [3.63, 3.8) is 0 Å². The van der Waals surface area contributed by atoms with Gasteiger partial charge in [-0.1, -0.05) is 29.5 Å². The van der Waals surface area contributed by atoms with Gasteiger partial charge in [0.05, 0.1) is 5.52 Å². The second-order valence-corrected chi connectivity index (χ2v) is 6.33. The van der Waals surface area contributed by atoms with Crippen LogP contribution in [0.15, 0.2) is 42.5 Å². The first kappa shape index (κ1) is 14.9. The topological polar surface area (TPSA) is 51.0 Å². The third-order valence-electron chi connectivity index (χ3n) is 4.79. The van der Waals surface area contributed by atoms with Crippen molar-refractivity contribution in [1.29, 1.82) is 0 Å². The van der Waals surface area contributed by atoms with Gasteiger partial charge in [-0.3, -0.25) is 4.79 Å². The van der Waals surface area contributed by atoms with Crippen LogP contribution in [0.25, 0.3) is 11.0 Å². The van der Waals surface area contributed by atoms with E-state index in [0.29, 0.717) is 5.56 Å². The summed E-state index contributed by atoms with van der Waals surface area (Å²) < 4.78 is 1.70. The Kier molecular flexibility index (Phi) is 3.76. The molecule has 0 saturated carbocycles. The molecule has 122 valence electrons. The number of fused-ring (bicyclic) bond motifs is 2. The van der Waals surface area contributed by atoms with E-state index in [2.05, 4.69) is 34.6 Å². The third kappa shape index (κ3) is 2.66. The number of hydrogen-bond donors (Lipinski definition) is 0. The molecule has 24 heavy (non-hydrogen) atoms. The van der Waals surface area contributed by atoms with Crippen molar-refractivity contribution < 1.29 is 4.79 Å². The van der Waals surface area contributed by atoms with Crippen LogP contribution in [-0.2, 0) is 19.9 Å². The molecule has 5 nitrogen and oxygen atoms in total. The highest BCUT2D eigenvalue weighted by molar-refractivity contribution is 5.97. The molecule has 0 spiro atoms. The summed E-state index contributed by atoms with van der Waals surface area (Å²) in [6.07, 6.45) is 2.94. The van der Waals surface area contributed by atoms with Crippen LogP contribution in [0.3, 0.4) is 0 Å². The molecule has 1 aromatic heterocycles. The fourth-order valence-corrected chi connectivity index (χ4v) is 3.42. The lowest BCUT2D eigenvalue weighted by atomic mass is 9.98. The zero-order chi connectivity index (χ0) is 16.5. The Morgan fingerprint density at radius 2 is 1.83 bits per heavy atom. The molecule has 0 atom stereocenters. The van der Waals surface area contributed by atoms with Crippen molar-refractivity contribution in [3.05, 3.63) is 59.2 Å². The summed E-state index contributed by atoms with van der Waals surface area (Å²) in [5.41, 5.74) is 5.20. The van der Waals surface area contributed by atoms with Gasteiger partial charge in [-0.05, 0) is 48.6 Å². The molecule has 2 heterocycles. The summed E-state index contributed by atoms with van der Waals surface area (Å²) in [6, 6.07) is 14.2. The SMILES string of the molecule is Cn1nnc2ccc(C(=O)N3CCCc4ccccc4CC3)cc21. The summed E-state index contributed by atoms with van der Waals surface area (Å²) in [6.45, 7) is 1.56. The minimum Gasteiger partial charge on any atom is -0.338 e. The number of benzene rings is 2. The molecular formula is C19H20N4O. The summed E-state index contributed by atoms with van der Waals surface area (Å²) in [5.74, 6) is 0.0949. The molecular weight excluding hydrogens is 300 g/mol. The van der Waals surface area contributed by atoms with Crippen LogP contribution in [0.2, 0.25) is 0 Å². The van der Waals surface area contributed by atoms with Crippen molar-refractivity contribution in [2.24, 2.45) is 7.05 Å². The molecule has 5 heteroatoms. The molecule has 0 N–H and O–H groups in total. The van der Waals surface area contributed by atoms with Crippen molar-refractivity contribution in [3.8, 4) is 0 Å². The number of aromatic nitrogens is 3. The van der Waals surface area contributed by atoms with E-state index in [1.807, 2.05) is 30.1 Å². The second-order valence-electron chi connectivity index (χ2n) is 6.33. The van der Waals surface area contributed by atoms with Crippen molar-refractivity contribution in [2.75, 3.05) is 13.1 Å². The van der Waals surface area contributed by atoms with Crippen LogP contribution in [0.5, 0.6) is 0 Å². The smallest absolute Gasteiger partial charge is 0.253 e. The second kappa shape index (κ2) is 6.07. The van der Waals surface area contributed by atoms with E-state index in [4.69, 9.17) is 0 Å². The van der Waals surface area contributed by atoms with Crippen LogP contribution >= 0.6 is 0 Å². The Bertz CT molecular complexity index is 899. The molecule has 1 aliphatic heterocycles. The highest BCUT2D eigenvalue weighted by atomic mass is 16.2. The van der Waals surface area contributed by atoms with Gasteiger partial charge in [-0.2, -0.15) is 0 Å². The summed E-state index contributed by atoms with van der Waals surface area (Å²) >= 11 is 0. The minimum atomic E-state index is 0.0949. The Morgan fingerprint density at radius 3 is 2.67 bits per heavy atom. The maximum absolute atomic E-state index is 12.9. The molecule has 0 bridgehead atoms. The van der Waals surface area contributed by atoms with E-state index in [9.17, 15) is 4.79 Å². The van der Waals surface area contributed by atoms with Gasteiger partial charge >= 0.3 is 0 Å². The molecule has 4 rings (SSSR count). The highest BCUT2D eigenvalue weighted by Crippen LogP contribution is 2.19. The predicted molar refractivity (Wildman–Crippen MR) is 92.9 cm³/mol. The third-order valence-corrected chi connectivity index (χ3v) is 4.79. The normalized spacial score (nSPS) is 15.0. The molecule has 0 fully saturated rings. The quantitative estimate of drug-likeness (QED) is 0.692. The Morgan fingerprint density at radius 1 is 1.04 bits per heavy atom. The molecule has 0 aliphatic carbocycles. The van der Waals surface area contributed by atoms with Crippen molar-refractivity contribution in [1.82, 2.24) is 19.9 Å². The van der Waals surface area contributed by atoms with E-state index in [1.54, 1.807) is 4.68 Å². The first-order valence-corrected chi connectivity index (χ1v) is 8.38. The number of hydrogen-bond acceptors (Lipinski definition) is 3. The van der Waals surface area contributed by atoms with E-state index >= 15 is 0 Å². The number of nitrogens with zero attached hydrogens (tertiary/aromatic N) is 4. The number of amides is 1. The van der Waals surface area contributed by atoms with Gasteiger partial charge in [0.25, 0.3) is 5.91 Å². The summed E-state index contributed by atoms with van der Waals surface area (Å²) in [7, 11) is 1.84. The van der Waals surface area contributed by atoms with Crippen LogP contribution < -0.4 is 0 Å². The van der Waals surface area contributed by atoms with Crippen LogP contribution in [0.4, 0.5) is 0 Å². The Labute approximate surface area is 140 Å². The van der Waals surface area contributed by atoms with Gasteiger partial charge in [0.15, 0.2) is 0 Å². The van der Waals surface area contributed by atoms with E-state index in [0.717, 1.165) is 43.4 Å². The number of aryl methyl sites for hydroxylation is 2. The first-order valence-electron chi connectivity index (χ1n) is 8.38. The maximum Gasteiger partial charge on any atom is 0.253 e. The minimum absolute atomic E-state index is 0.0949. The zero-order valence-electron chi connectivity index (χ0n) is 13.8. The van der Waals surface area contributed by atoms with Gasteiger partial charge in [0, 0.05) is 25.7 Å². The van der Waals surface area contributed by atoms with E-state index in [1.165, 1.54) is 11.1 Å². The van der Waals surface area contributed by atoms with Gasteiger partial charge in [0.2, 0.25) is 0 Å². The number of rotatable bonds is 1. The molecule has 1 amide bonds. The molecule has 0 radical (unpaired) electrons. The molecule has 0 saturated heterocycles. The van der Waals surface area contributed by atoms with Crippen LogP contribution in [0, 0.1) is 0 Å². The zero-order valence-corrected chi connectivity index (χ0v) is 13.8. The number of carbonyl (C=O) groups excluding carboxylic acids is 1. The average Bonchev–Trinajstić information content (AvgIpc) is 2.96. The average molecular weight is 320 g/mol. The molecule has 3 aromatic rings. The monoisotopic (exact) mass is 320 g/mol. The fourth-order valence-electron chi connectivity index (χ4n) is 3.42. The molecule has 2 aromatic carbocycles. The van der Waals surface area contributed by atoms with Crippen LogP contribution in [-0.4, -0.2) is 38.9 Å². The number of carbonyl (C=O) groups is 1. The lowest BCUT2D eigenvalue weighted by Crippen LogP contribution is -2.35. The van der Waals surface area contributed by atoms with Crippen LogP contribution in [0.1, 0.15) is 27.9 Å². The molecule has 0 unspecified atom stereocenters. The van der Waals surface area contributed by atoms with Crippen molar-refractivity contribution >= 4 is 16.9 Å². The van der Waals surface area contributed by atoms with Gasteiger partial charge in [0.1, 0.15) is 5.52 Å². The first-order chi connectivity index (χ1) is 11.7. The van der Waals surface area contributed by atoms with Gasteiger partial charge in [-0.15, -0.1) is 5.10 Å².